The molecule has 2 atom stereocenters. The van der Waals surface area contributed by atoms with Crippen LogP contribution in [0.5, 0.6) is 0 Å². The van der Waals surface area contributed by atoms with Crippen LogP contribution in [0.1, 0.15) is 18.1 Å². The molecule has 1 aromatic rings. The Balaban J connectivity index is 2.19. The smallest absolute Gasteiger partial charge is 0.340 e. The average molecular weight is 246 g/mol. The largest absolute Gasteiger partial charge is 0.543 e. The molecule has 0 bridgehead atoms. The van der Waals surface area contributed by atoms with E-state index in [2.05, 4.69) is 22.6 Å². The minimum atomic E-state index is -0.0553. The van der Waals surface area contributed by atoms with Gasteiger partial charge in [-0.2, -0.15) is 0 Å². The summed E-state index contributed by atoms with van der Waals surface area (Å²) in [4.78, 5) is 2.01. The van der Waals surface area contributed by atoms with Crippen LogP contribution in [-0.2, 0) is 9.16 Å². The number of nitrogens with zero attached hydrogens (tertiary/aromatic N) is 1. The Labute approximate surface area is 106 Å². The third-order valence-electron chi connectivity index (χ3n) is 2.83. The van der Waals surface area contributed by atoms with Crippen molar-refractivity contribution in [1.29, 1.82) is 0 Å². The van der Waals surface area contributed by atoms with E-state index in [1.54, 1.807) is 0 Å². The molecule has 89 valence electrons. The van der Waals surface area contributed by atoms with Gasteiger partial charge in [0.25, 0.3) is 0 Å². The van der Waals surface area contributed by atoms with Crippen LogP contribution in [0.3, 0.4) is 0 Å². The molecular weight excluding hydrogens is 230 g/mol. The molecule has 3 radical (unpaired) electrons. The molecule has 1 heterocycles. The Hall–Kier alpha value is -1.10. The number of hydrogen-bond donors (Lipinski definition) is 0. The van der Waals surface area contributed by atoms with E-state index < -0.39 is 0 Å². The molecule has 4 heteroatoms. The number of hydrogen-bond acceptors (Lipinski definition) is 3. The molecule has 0 fully saturated rings. The van der Waals surface area contributed by atoms with Crippen LogP contribution < -0.4 is 0 Å². The first kappa shape index (κ1) is 12.4. The lowest BCUT2D eigenvalue weighted by atomic mass is 10.0. The van der Waals surface area contributed by atoms with Crippen LogP contribution in [0.15, 0.2) is 42.2 Å². The minimum Gasteiger partial charge on any atom is -0.543 e. The normalized spacial score (nSPS) is 24.6. The van der Waals surface area contributed by atoms with Crippen LogP contribution in [0.2, 0.25) is 0 Å². The van der Waals surface area contributed by atoms with Gasteiger partial charge in [-0.1, -0.05) is 30.3 Å². The van der Waals surface area contributed by atoms with E-state index in [-0.39, 0.29) is 12.3 Å². The van der Waals surface area contributed by atoms with Gasteiger partial charge in [0, 0.05) is 6.42 Å². The lowest BCUT2D eigenvalue weighted by molar-refractivity contribution is -0.0700. The lowest BCUT2D eigenvalue weighted by Crippen LogP contribution is -2.33. The van der Waals surface area contributed by atoms with Crippen LogP contribution in [0.25, 0.3) is 0 Å². The Kier molecular flexibility index (Phi) is 3.99. The highest BCUT2D eigenvalue weighted by atomic mass is 28.2. The van der Waals surface area contributed by atoms with Crippen LogP contribution in [0, 0.1) is 0 Å². The van der Waals surface area contributed by atoms with Gasteiger partial charge in [-0.05, 0) is 25.7 Å². The van der Waals surface area contributed by atoms with Gasteiger partial charge in [0.2, 0.25) is 0 Å². The molecule has 1 aliphatic rings. The van der Waals surface area contributed by atoms with Gasteiger partial charge >= 0.3 is 10.5 Å². The van der Waals surface area contributed by atoms with E-state index in [4.69, 9.17) is 9.16 Å². The molecule has 0 aliphatic carbocycles. The van der Waals surface area contributed by atoms with E-state index in [9.17, 15) is 0 Å². The zero-order valence-electron chi connectivity index (χ0n) is 10.1. The molecule has 0 saturated carbocycles. The van der Waals surface area contributed by atoms with E-state index in [0.717, 1.165) is 12.2 Å². The molecule has 17 heavy (non-hydrogen) atoms. The van der Waals surface area contributed by atoms with E-state index in [1.807, 2.05) is 43.3 Å². The first-order valence-electron chi connectivity index (χ1n) is 5.62. The summed E-state index contributed by atoms with van der Waals surface area (Å²) >= 11 is 0. The molecule has 1 aliphatic heterocycles. The third kappa shape index (κ3) is 2.97. The van der Waals surface area contributed by atoms with Crippen molar-refractivity contribution in [2.45, 2.75) is 18.8 Å². The highest BCUT2D eigenvalue weighted by Crippen LogP contribution is 2.31. The molecular formula is C13H16NO2Si. The van der Waals surface area contributed by atoms with Gasteiger partial charge in [-0.15, -0.1) is 0 Å². The second-order valence-corrected chi connectivity index (χ2v) is 4.53. The van der Waals surface area contributed by atoms with E-state index in [1.165, 1.54) is 5.56 Å². The quantitative estimate of drug-likeness (QED) is 0.762. The van der Waals surface area contributed by atoms with Gasteiger partial charge < -0.3 is 9.16 Å². The minimum absolute atomic E-state index is 0.0416. The Morgan fingerprint density at radius 3 is 2.59 bits per heavy atom. The first-order chi connectivity index (χ1) is 8.20. The first-order valence-corrected chi connectivity index (χ1v) is 6.02. The fourth-order valence-corrected chi connectivity index (χ4v) is 2.03. The lowest BCUT2D eigenvalue weighted by Gasteiger charge is -2.32. The van der Waals surface area contributed by atoms with Crippen molar-refractivity contribution in [3.63, 3.8) is 0 Å². The summed E-state index contributed by atoms with van der Waals surface area (Å²) in [6.45, 7) is 0. The second kappa shape index (κ2) is 5.49. The van der Waals surface area contributed by atoms with Gasteiger partial charge in [0.15, 0.2) is 0 Å². The molecule has 0 amide bonds. The highest BCUT2D eigenvalue weighted by molar-refractivity contribution is 5.98. The predicted octanol–water partition coefficient (Wildman–Crippen LogP) is 2.02. The Morgan fingerprint density at radius 2 is 2.00 bits per heavy atom. The van der Waals surface area contributed by atoms with Crippen LogP contribution in [-0.4, -0.2) is 35.7 Å². The molecule has 2 rings (SSSR count). The molecule has 0 aromatic heterocycles. The third-order valence-corrected chi connectivity index (χ3v) is 3.09. The van der Waals surface area contributed by atoms with Crippen molar-refractivity contribution in [2.24, 2.45) is 0 Å². The number of rotatable bonds is 3. The maximum atomic E-state index is 6.01. The molecule has 0 unspecified atom stereocenters. The predicted molar refractivity (Wildman–Crippen MR) is 67.3 cm³/mol. The number of benzene rings is 1. The molecule has 0 N–H and O–H groups in total. The second-order valence-electron chi connectivity index (χ2n) is 4.33. The summed E-state index contributed by atoms with van der Waals surface area (Å²) in [5.41, 5.74) is 1.17. The molecule has 0 saturated heterocycles. The summed E-state index contributed by atoms with van der Waals surface area (Å²) in [5.74, 6) is 0.903. The maximum Gasteiger partial charge on any atom is 0.340 e. The van der Waals surface area contributed by atoms with Crippen LogP contribution >= 0.6 is 0 Å². The Morgan fingerprint density at radius 1 is 1.29 bits per heavy atom. The number of ether oxygens (including phenoxy) is 1. The van der Waals surface area contributed by atoms with E-state index >= 15 is 0 Å². The molecule has 0 spiro atoms. The van der Waals surface area contributed by atoms with Crippen molar-refractivity contribution in [1.82, 2.24) is 4.90 Å². The fraction of sp³-hybridized carbons (Fsp3) is 0.385. The van der Waals surface area contributed by atoms with E-state index in [0.29, 0.717) is 0 Å². The van der Waals surface area contributed by atoms with Crippen molar-refractivity contribution < 1.29 is 9.16 Å². The highest BCUT2D eigenvalue weighted by Gasteiger charge is 2.25. The van der Waals surface area contributed by atoms with Crippen molar-refractivity contribution in [3.05, 3.63) is 47.7 Å². The zero-order chi connectivity index (χ0) is 12.3. The van der Waals surface area contributed by atoms with Gasteiger partial charge in [-0.25, -0.2) is 0 Å². The van der Waals surface area contributed by atoms with Gasteiger partial charge in [-0.3, -0.25) is 4.90 Å². The summed E-state index contributed by atoms with van der Waals surface area (Å²) in [7, 11) is 7.07. The monoisotopic (exact) mass is 246 g/mol. The summed E-state index contributed by atoms with van der Waals surface area (Å²) in [6, 6.07) is 10.2. The van der Waals surface area contributed by atoms with Gasteiger partial charge in [0.05, 0.1) is 11.9 Å². The topological polar surface area (TPSA) is 21.7 Å². The van der Waals surface area contributed by atoms with Crippen molar-refractivity contribution in [2.75, 3.05) is 14.1 Å². The zero-order valence-corrected chi connectivity index (χ0v) is 11.1. The van der Waals surface area contributed by atoms with Crippen molar-refractivity contribution >= 4 is 10.5 Å². The number of likely N-dealkylation sites (N-methyl/N-ethyl adjacent to an activating group) is 1. The van der Waals surface area contributed by atoms with Crippen LogP contribution in [0.4, 0.5) is 0 Å². The average Bonchev–Trinajstić information content (AvgIpc) is 2.39. The van der Waals surface area contributed by atoms with Crippen molar-refractivity contribution in [3.8, 4) is 0 Å². The summed E-state index contributed by atoms with van der Waals surface area (Å²) in [6.07, 6.45) is 2.71. The van der Waals surface area contributed by atoms with Gasteiger partial charge in [0.1, 0.15) is 6.23 Å². The SMILES string of the molecule is CN(C)[C@H]1C=C(O[Si])C[C@@H](c2ccccc2)O1. The summed E-state index contributed by atoms with van der Waals surface area (Å²) < 4.78 is 11.2. The molecule has 3 nitrogen and oxygen atoms in total. The molecule has 1 aromatic carbocycles. The summed E-state index contributed by atoms with van der Waals surface area (Å²) in [5, 5.41) is 0. The standard InChI is InChI=1S/C13H16NO2Si/c1-14(2)13-9-11(16-17)8-12(15-13)10-6-4-3-5-7-10/h3-7,9,12-13H,8H2,1-2H3/t12-,13+/m0/s1. The Bertz CT molecular complexity index is 392. The maximum absolute atomic E-state index is 6.01. The fourth-order valence-electron chi connectivity index (χ4n) is 1.88.